The minimum Gasteiger partial charge on any atom is -0.365 e. The van der Waals surface area contributed by atoms with Crippen molar-refractivity contribution in [2.45, 2.75) is 38.8 Å². The van der Waals surface area contributed by atoms with E-state index in [0.717, 1.165) is 16.6 Å². The summed E-state index contributed by atoms with van der Waals surface area (Å²) in [5, 5.41) is 5.81. The molecular weight excluding hydrogens is 298 g/mol. The number of nitrogens with zero attached hydrogens (tertiary/aromatic N) is 2. The highest BCUT2D eigenvalue weighted by Crippen LogP contribution is 2.27. The molecule has 5 heteroatoms. The first-order valence-corrected chi connectivity index (χ1v) is 7.85. The largest absolute Gasteiger partial charge is 0.365 e. The number of carbonyl (C=O) groups is 1. The van der Waals surface area contributed by atoms with E-state index < -0.39 is 0 Å². The van der Waals surface area contributed by atoms with Crippen molar-refractivity contribution in [3.05, 3.63) is 35.5 Å². The zero-order chi connectivity index (χ0) is 15.9. The maximum absolute atomic E-state index is 12.1. The summed E-state index contributed by atoms with van der Waals surface area (Å²) in [7, 11) is 0. The van der Waals surface area contributed by atoms with Gasteiger partial charge in [-0.15, -0.1) is 0 Å². The van der Waals surface area contributed by atoms with Gasteiger partial charge in [-0.3, -0.25) is 4.79 Å². The second-order valence-electron chi connectivity index (χ2n) is 6.74. The number of carbonyl (C=O) groups excluding carboxylic acids is 1. The number of aromatic nitrogens is 1. The van der Waals surface area contributed by atoms with Crippen LogP contribution in [0.2, 0.25) is 5.15 Å². The van der Waals surface area contributed by atoms with Crippen LogP contribution in [0.25, 0.3) is 10.8 Å². The fourth-order valence-corrected chi connectivity index (χ4v) is 3.15. The zero-order valence-electron chi connectivity index (χ0n) is 13.1. The molecule has 1 aromatic carbocycles. The average Bonchev–Trinajstić information content (AvgIpc) is 2.79. The third kappa shape index (κ3) is 2.88. The van der Waals surface area contributed by atoms with Crippen molar-refractivity contribution >= 4 is 34.1 Å². The quantitative estimate of drug-likeness (QED) is 0.859. The van der Waals surface area contributed by atoms with Gasteiger partial charge in [0.05, 0.1) is 6.04 Å². The van der Waals surface area contributed by atoms with Gasteiger partial charge in [0.25, 0.3) is 0 Å². The van der Waals surface area contributed by atoms with E-state index in [1.54, 1.807) is 0 Å². The second kappa shape index (κ2) is 5.43. The van der Waals surface area contributed by atoms with Crippen molar-refractivity contribution in [2.75, 3.05) is 11.9 Å². The van der Waals surface area contributed by atoms with Gasteiger partial charge in [-0.05, 0) is 32.2 Å². The lowest BCUT2D eigenvalue weighted by Crippen LogP contribution is -2.43. The highest BCUT2D eigenvalue weighted by Gasteiger charge is 2.36. The topological polar surface area (TPSA) is 45.2 Å². The normalized spacial score (nSPS) is 19.0. The smallest absolute Gasteiger partial charge is 0.225 e. The lowest BCUT2D eigenvalue weighted by Gasteiger charge is -2.32. The molecule has 1 saturated heterocycles. The van der Waals surface area contributed by atoms with Crippen molar-refractivity contribution in [1.29, 1.82) is 0 Å². The fraction of sp³-hybridized carbons (Fsp3) is 0.412. The molecule has 1 amide bonds. The molecule has 1 aliphatic heterocycles. The molecule has 2 heterocycles. The Bertz CT molecular complexity index is 723. The standard InChI is InChI=1S/C17H20ClN3O/c1-17(2,3)21-10-12(9-15(21)22)19-14-8-11-6-4-5-7-13(11)16(18)20-14/h4-8,12H,9-10H2,1-3H3,(H,19,20). The Morgan fingerprint density at radius 3 is 2.73 bits per heavy atom. The van der Waals surface area contributed by atoms with Crippen molar-refractivity contribution in [3.8, 4) is 0 Å². The first-order valence-electron chi connectivity index (χ1n) is 7.47. The van der Waals surface area contributed by atoms with Crippen LogP contribution >= 0.6 is 11.6 Å². The lowest BCUT2D eigenvalue weighted by atomic mass is 10.1. The second-order valence-corrected chi connectivity index (χ2v) is 7.10. The third-order valence-corrected chi connectivity index (χ3v) is 4.27. The van der Waals surface area contributed by atoms with Crippen LogP contribution in [-0.2, 0) is 4.79 Å². The van der Waals surface area contributed by atoms with Crippen LogP contribution in [-0.4, -0.2) is 33.9 Å². The Morgan fingerprint density at radius 2 is 2.05 bits per heavy atom. The molecule has 1 N–H and O–H groups in total. The van der Waals surface area contributed by atoms with Crippen LogP contribution in [0.15, 0.2) is 30.3 Å². The maximum atomic E-state index is 12.1. The minimum absolute atomic E-state index is 0.0662. The van der Waals surface area contributed by atoms with Gasteiger partial charge in [-0.2, -0.15) is 0 Å². The Labute approximate surface area is 135 Å². The van der Waals surface area contributed by atoms with Crippen molar-refractivity contribution in [2.24, 2.45) is 0 Å². The number of hydrogen-bond acceptors (Lipinski definition) is 3. The van der Waals surface area contributed by atoms with Crippen LogP contribution < -0.4 is 5.32 Å². The number of hydrogen-bond donors (Lipinski definition) is 1. The van der Waals surface area contributed by atoms with Gasteiger partial charge in [0.1, 0.15) is 11.0 Å². The van der Waals surface area contributed by atoms with Crippen LogP contribution in [0.1, 0.15) is 27.2 Å². The SMILES string of the molecule is CC(C)(C)N1CC(Nc2cc3ccccc3c(Cl)n2)CC1=O. The molecule has 1 atom stereocenters. The number of nitrogens with one attached hydrogen (secondary N) is 1. The molecule has 1 aromatic heterocycles. The summed E-state index contributed by atoms with van der Waals surface area (Å²) in [4.78, 5) is 18.5. The highest BCUT2D eigenvalue weighted by molar-refractivity contribution is 6.34. The Hall–Kier alpha value is -1.81. The number of likely N-dealkylation sites (tertiary alicyclic amines) is 1. The van der Waals surface area contributed by atoms with Crippen LogP contribution in [0.4, 0.5) is 5.82 Å². The predicted octanol–water partition coefficient (Wildman–Crippen LogP) is 3.70. The lowest BCUT2D eigenvalue weighted by molar-refractivity contribution is -0.131. The van der Waals surface area contributed by atoms with E-state index in [-0.39, 0.29) is 17.5 Å². The van der Waals surface area contributed by atoms with Crippen LogP contribution in [0.3, 0.4) is 0 Å². The van der Waals surface area contributed by atoms with Gasteiger partial charge in [-0.25, -0.2) is 4.98 Å². The molecule has 0 aliphatic carbocycles. The molecule has 1 aliphatic rings. The molecule has 3 rings (SSSR count). The van der Waals surface area contributed by atoms with E-state index in [1.807, 2.05) is 35.2 Å². The molecular formula is C17H20ClN3O. The Balaban J connectivity index is 1.81. The predicted molar refractivity (Wildman–Crippen MR) is 90.2 cm³/mol. The Kier molecular flexibility index (Phi) is 3.73. The molecule has 2 aromatic rings. The van der Waals surface area contributed by atoms with Gasteiger partial charge in [-0.1, -0.05) is 35.9 Å². The summed E-state index contributed by atoms with van der Waals surface area (Å²) in [5.41, 5.74) is -0.151. The van der Waals surface area contributed by atoms with Crippen LogP contribution in [0, 0.1) is 0 Å². The number of amides is 1. The molecule has 22 heavy (non-hydrogen) atoms. The average molecular weight is 318 g/mol. The van der Waals surface area contributed by atoms with Gasteiger partial charge in [0, 0.05) is 23.9 Å². The van der Waals surface area contributed by atoms with Gasteiger partial charge < -0.3 is 10.2 Å². The van der Waals surface area contributed by atoms with E-state index in [0.29, 0.717) is 18.1 Å². The number of benzene rings is 1. The number of fused-ring (bicyclic) bond motifs is 1. The zero-order valence-corrected chi connectivity index (χ0v) is 13.8. The highest BCUT2D eigenvalue weighted by atomic mass is 35.5. The number of pyridine rings is 1. The van der Waals surface area contributed by atoms with E-state index in [2.05, 4.69) is 31.1 Å². The molecule has 116 valence electrons. The minimum atomic E-state index is -0.151. The summed E-state index contributed by atoms with van der Waals surface area (Å²) >= 11 is 6.25. The van der Waals surface area contributed by atoms with Gasteiger partial charge in [0.2, 0.25) is 5.91 Å². The Morgan fingerprint density at radius 1 is 1.32 bits per heavy atom. The van der Waals surface area contributed by atoms with E-state index in [9.17, 15) is 4.79 Å². The summed E-state index contributed by atoms with van der Waals surface area (Å²) in [5.74, 6) is 0.897. The molecule has 1 fully saturated rings. The summed E-state index contributed by atoms with van der Waals surface area (Å²) in [6, 6.07) is 9.93. The molecule has 0 spiro atoms. The maximum Gasteiger partial charge on any atom is 0.225 e. The van der Waals surface area contributed by atoms with Crippen LogP contribution in [0.5, 0.6) is 0 Å². The number of anilines is 1. The van der Waals surface area contributed by atoms with Crippen molar-refractivity contribution < 1.29 is 4.79 Å². The van der Waals surface area contributed by atoms with E-state index in [1.165, 1.54) is 0 Å². The number of halogens is 1. The monoisotopic (exact) mass is 317 g/mol. The fourth-order valence-electron chi connectivity index (χ4n) is 2.89. The molecule has 0 bridgehead atoms. The molecule has 4 nitrogen and oxygen atoms in total. The van der Waals surface area contributed by atoms with Crippen molar-refractivity contribution in [3.63, 3.8) is 0 Å². The van der Waals surface area contributed by atoms with E-state index >= 15 is 0 Å². The molecule has 0 radical (unpaired) electrons. The first kappa shape index (κ1) is 15.1. The number of rotatable bonds is 2. The van der Waals surface area contributed by atoms with Gasteiger partial charge in [0.15, 0.2) is 0 Å². The van der Waals surface area contributed by atoms with Gasteiger partial charge >= 0.3 is 0 Å². The van der Waals surface area contributed by atoms with E-state index in [4.69, 9.17) is 11.6 Å². The summed E-state index contributed by atoms with van der Waals surface area (Å²) < 4.78 is 0. The third-order valence-electron chi connectivity index (χ3n) is 3.98. The summed E-state index contributed by atoms with van der Waals surface area (Å²) in [6.07, 6.45) is 0.489. The molecule has 0 saturated carbocycles. The summed E-state index contributed by atoms with van der Waals surface area (Å²) in [6.45, 7) is 6.85. The van der Waals surface area contributed by atoms with Crippen molar-refractivity contribution in [1.82, 2.24) is 9.88 Å². The first-order chi connectivity index (χ1) is 10.3. The molecule has 1 unspecified atom stereocenters.